The van der Waals surface area contributed by atoms with E-state index in [-0.39, 0.29) is 6.10 Å². The van der Waals surface area contributed by atoms with Crippen LogP contribution in [0.2, 0.25) is 0 Å². The zero-order valence-electron chi connectivity index (χ0n) is 13.1. The molecule has 3 heteroatoms. The van der Waals surface area contributed by atoms with Gasteiger partial charge in [0.1, 0.15) is 0 Å². The van der Waals surface area contributed by atoms with Crippen LogP contribution in [0.15, 0.2) is 36.4 Å². The number of hydrogen-bond acceptors (Lipinski definition) is 3. The molecule has 1 aromatic carbocycles. The number of aliphatic hydroxyl groups excluding tert-OH is 1. The fraction of sp³-hybridized carbons (Fsp3) is 0.579. The van der Waals surface area contributed by atoms with Crippen molar-refractivity contribution < 1.29 is 5.11 Å². The van der Waals surface area contributed by atoms with Crippen LogP contribution >= 0.6 is 0 Å². The van der Waals surface area contributed by atoms with Crippen LogP contribution in [0.25, 0.3) is 0 Å². The maximum Gasteiger partial charge on any atom is 0.0602 e. The summed E-state index contributed by atoms with van der Waals surface area (Å²) in [5.74, 6) is 2.44. The van der Waals surface area contributed by atoms with Gasteiger partial charge in [0.25, 0.3) is 0 Å². The van der Waals surface area contributed by atoms with Crippen molar-refractivity contribution in [3.63, 3.8) is 0 Å². The highest BCUT2D eigenvalue weighted by molar-refractivity contribution is 5.70. The molecule has 0 radical (unpaired) electrons. The molecule has 1 aromatic rings. The van der Waals surface area contributed by atoms with Crippen LogP contribution in [0, 0.1) is 17.8 Å². The molecule has 0 aromatic heterocycles. The van der Waals surface area contributed by atoms with Crippen LogP contribution in [0.4, 0.5) is 11.4 Å². The number of hydrogen-bond donors (Lipinski definition) is 2. The number of piperidine rings is 1. The molecule has 0 spiro atoms. The maximum atomic E-state index is 9.70. The third-order valence-corrected chi connectivity index (χ3v) is 5.68. The van der Waals surface area contributed by atoms with Crippen LogP contribution in [0.5, 0.6) is 0 Å². The second-order valence-corrected chi connectivity index (χ2v) is 7.16. The fourth-order valence-corrected chi connectivity index (χ4v) is 4.38. The smallest absolute Gasteiger partial charge is 0.0602 e. The van der Waals surface area contributed by atoms with Crippen molar-refractivity contribution in [2.24, 2.45) is 17.8 Å². The van der Waals surface area contributed by atoms with E-state index < -0.39 is 0 Å². The van der Waals surface area contributed by atoms with Gasteiger partial charge in [0.2, 0.25) is 0 Å². The molecule has 22 heavy (non-hydrogen) atoms. The Kier molecular flexibility index (Phi) is 3.83. The first kappa shape index (κ1) is 14.1. The zero-order chi connectivity index (χ0) is 14.9. The van der Waals surface area contributed by atoms with Crippen molar-refractivity contribution in [2.45, 2.75) is 31.8 Å². The molecule has 118 valence electrons. The lowest BCUT2D eigenvalue weighted by atomic mass is 9.93. The minimum Gasteiger partial charge on any atom is -0.393 e. The molecule has 1 aliphatic heterocycles. The Bertz CT molecular complexity index is 548. The molecule has 3 atom stereocenters. The number of aliphatic hydroxyl groups is 1. The molecule has 3 aliphatic rings. The molecule has 0 unspecified atom stereocenters. The van der Waals surface area contributed by atoms with E-state index in [1.807, 2.05) is 0 Å². The predicted octanol–water partition coefficient (Wildman–Crippen LogP) is 3.27. The van der Waals surface area contributed by atoms with Gasteiger partial charge in [-0.3, -0.25) is 0 Å². The van der Waals surface area contributed by atoms with Gasteiger partial charge in [-0.25, -0.2) is 0 Å². The van der Waals surface area contributed by atoms with Gasteiger partial charge in [0, 0.05) is 19.6 Å². The highest BCUT2D eigenvalue weighted by atomic mass is 16.3. The summed E-state index contributed by atoms with van der Waals surface area (Å²) in [4.78, 5) is 2.41. The van der Waals surface area contributed by atoms with Crippen LogP contribution in [-0.2, 0) is 0 Å². The highest BCUT2D eigenvalue weighted by Gasteiger charge is 2.35. The van der Waals surface area contributed by atoms with Crippen LogP contribution < -0.4 is 10.2 Å². The fourth-order valence-electron chi connectivity index (χ4n) is 4.38. The molecule has 2 N–H and O–H groups in total. The Morgan fingerprint density at radius 3 is 2.64 bits per heavy atom. The van der Waals surface area contributed by atoms with E-state index in [9.17, 15) is 5.11 Å². The van der Waals surface area contributed by atoms with E-state index in [2.05, 4.69) is 46.6 Å². The lowest BCUT2D eigenvalue weighted by molar-refractivity contribution is 0.145. The van der Waals surface area contributed by atoms with Gasteiger partial charge in [-0.15, -0.1) is 0 Å². The maximum absolute atomic E-state index is 9.70. The first-order chi connectivity index (χ1) is 10.8. The topological polar surface area (TPSA) is 35.5 Å². The van der Waals surface area contributed by atoms with Crippen molar-refractivity contribution in [3.8, 4) is 0 Å². The van der Waals surface area contributed by atoms with Crippen molar-refractivity contribution in [3.05, 3.63) is 36.4 Å². The number of anilines is 2. The summed E-state index contributed by atoms with van der Waals surface area (Å²) in [5.41, 5.74) is 2.55. The lowest BCUT2D eigenvalue weighted by Gasteiger charge is -2.33. The molecule has 0 amide bonds. The Morgan fingerprint density at radius 1 is 1.09 bits per heavy atom. The summed E-state index contributed by atoms with van der Waals surface area (Å²) in [7, 11) is 0. The minimum absolute atomic E-state index is 0.114. The third kappa shape index (κ3) is 2.74. The average Bonchev–Trinajstić information content (AvgIpc) is 3.17. The number of para-hydroxylation sites is 2. The lowest BCUT2D eigenvalue weighted by Crippen LogP contribution is -2.36. The van der Waals surface area contributed by atoms with Crippen LogP contribution in [0.1, 0.15) is 25.7 Å². The predicted molar refractivity (Wildman–Crippen MR) is 91.2 cm³/mol. The standard InChI is InChI=1S/C19H26N2O/c22-17-7-9-21(10-8-17)19-4-2-1-3-18(19)20-13-16-12-14-5-6-15(16)11-14/h1-6,14-17,20,22H,7-13H2/t14-,15-,16-/m0/s1. The molecule has 2 bridgehead atoms. The Hall–Kier alpha value is -1.48. The number of nitrogens with zero attached hydrogens (tertiary/aromatic N) is 1. The number of nitrogens with one attached hydrogen (secondary N) is 1. The van der Waals surface area contributed by atoms with E-state index in [4.69, 9.17) is 0 Å². The number of benzene rings is 1. The monoisotopic (exact) mass is 298 g/mol. The van der Waals surface area contributed by atoms with Crippen LogP contribution in [-0.4, -0.2) is 30.8 Å². The first-order valence-electron chi connectivity index (χ1n) is 8.74. The van der Waals surface area contributed by atoms with E-state index in [1.54, 1.807) is 0 Å². The second-order valence-electron chi connectivity index (χ2n) is 7.16. The molecule has 3 nitrogen and oxygen atoms in total. The molecule has 1 saturated carbocycles. The van der Waals surface area contributed by atoms with Gasteiger partial charge in [-0.1, -0.05) is 24.3 Å². The Morgan fingerprint density at radius 2 is 1.91 bits per heavy atom. The SMILES string of the molecule is OC1CCN(c2ccccc2NC[C@@H]2C[C@H]3C=C[C@H]2C3)CC1. The highest BCUT2D eigenvalue weighted by Crippen LogP contribution is 2.43. The second kappa shape index (κ2) is 5.96. The summed E-state index contributed by atoms with van der Waals surface area (Å²) in [6.45, 7) is 2.99. The van der Waals surface area contributed by atoms with Gasteiger partial charge in [-0.05, 0) is 55.6 Å². The van der Waals surface area contributed by atoms with Crippen molar-refractivity contribution >= 4 is 11.4 Å². The van der Waals surface area contributed by atoms with Gasteiger partial charge in [0.15, 0.2) is 0 Å². The largest absolute Gasteiger partial charge is 0.393 e. The Labute approximate surface area is 133 Å². The zero-order valence-corrected chi connectivity index (χ0v) is 13.1. The van der Waals surface area contributed by atoms with Gasteiger partial charge >= 0.3 is 0 Å². The molecule has 1 saturated heterocycles. The Balaban J connectivity index is 1.42. The average molecular weight is 298 g/mol. The molecule has 4 rings (SSSR count). The van der Waals surface area contributed by atoms with Gasteiger partial charge in [0.05, 0.1) is 17.5 Å². The summed E-state index contributed by atoms with van der Waals surface area (Å²) in [6.07, 6.45) is 9.21. The van der Waals surface area contributed by atoms with E-state index in [1.165, 1.54) is 24.2 Å². The van der Waals surface area contributed by atoms with E-state index >= 15 is 0 Å². The number of rotatable bonds is 4. The van der Waals surface area contributed by atoms with Gasteiger partial charge in [-0.2, -0.15) is 0 Å². The van der Waals surface area contributed by atoms with Gasteiger partial charge < -0.3 is 15.3 Å². The molecule has 2 aliphatic carbocycles. The first-order valence-corrected chi connectivity index (χ1v) is 8.74. The molecular weight excluding hydrogens is 272 g/mol. The van der Waals surface area contributed by atoms with Crippen LogP contribution in [0.3, 0.4) is 0 Å². The summed E-state index contributed by atoms with van der Waals surface area (Å²) in [6, 6.07) is 8.64. The molecule has 1 heterocycles. The molecule has 2 fully saturated rings. The summed E-state index contributed by atoms with van der Waals surface area (Å²) in [5, 5.41) is 13.4. The third-order valence-electron chi connectivity index (χ3n) is 5.68. The normalized spacial score (nSPS) is 31.0. The summed E-state index contributed by atoms with van der Waals surface area (Å²) >= 11 is 0. The van der Waals surface area contributed by atoms with E-state index in [0.29, 0.717) is 0 Å². The quantitative estimate of drug-likeness (QED) is 0.838. The van der Waals surface area contributed by atoms with Crippen molar-refractivity contribution in [1.82, 2.24) is 0 Å². The molecular formula is C19H26N2O. The van der Waals surface area contributed by atoms with E-state index in [0.717, 1.165) is 50.2 Å². The minimum atomic E-state index is -0.114. The summed E-state index contributed by atoms with van der Waals surface area (Å²) < 4.78 is 0. The van der Waals surface area contributed by atoms with Crippen molar-refractivity contribution in [2.75, 3.05) is 29.9 Å². The number of allylic oxidation sites excluding steroid dienone is 2. The number of fused-ring (bicyclic) bond motifs is 2. The van der Waals surface area contributed by atoms with Crippen molar-refractivity contribution in [1.29, 1.82) is 0 Å².